The quantitative estimate of drug-likeness (QED) is 0.755. The van der Waals surface area contributed by atoms with Gasteiger partial charge in [-0.05, 0) is 37.8 Å². The predicted octanol–water partition coefficient (Wildman–Crippen LogP) is 0.953. The van der Waals surface area contributed by atoms with E-state index in [-0.39, 0.29) is 16.0 Å². The van der Waals surface area contributed by atoms with Gasteiger partial charge in [0.25, 0.3) is 0 Å². The van der Waals surface area contributed by atoms with E-state index < -0.39 is 10.0 Å². The van der Waals surface area contributed by atoms with E-state index in [0.717, 1.165) is 25.9 Å². The second kappa shape index (κ2) is 7.26. The predicted molar refractivity (Wildman–Crippen MR) is 83.5 cm³/mol. The molecule has 1 aromatic heterocycles. The molecule has 1 aliphatic heterocycles. The number of rotatable bonds is 6. The van der Waals surface area contributed by atoms with E-state index in [1.807, 2.05) is 0 Å². The molecule has 0 amide bonds. The Morgan fingerprint density at radius 2 is 2.29 bits per heavy atom. The van der Waals surface area contributed by atoms with Crippen molar-refractivity contribution in [1.29, 1.82) is 0 Å². The summed E-state index contributed by atoms with van der Waals surface area (Å²) in [5.74, 6) is 0. The van der Waals surface area contributed by atoms with Gasteiger partial charge in [-0.2, -0.15) is 0 Å². The molecule has 3 N–H and O–H groups in total. The fourth-order valence-electron chi connectivity index (χ4n) is 2.16. The average Bonchev–Trinajstić information content (AvgIpc) is 2.48. The van der Waals surface area contributed by atoms with Gasteiger partial charge in [0.2, 0.25) is 10.0 Å². The third-order valence-electron chi connectivity index (χ3n) is 3.33. The van der Waals surface area contributed by atoms with Crippen LogP contribution in [0.1, 0.15) is 31.4 Å². The number of hydrogen-bond acceptors (Lipinski definition) is 5. The minimum atomic E-state index is -3.56. The van der Waals surface area contributed by atoms with E-state index in [1.165, 1.54) is 18.3 Å². The van der Waals surface area contributed by atoms with Crippen LogP contribution in [0.4, 0.5) is 0 Å². The van der Waals surface area contributed by atoms with E-state index >= 15 is 0 Å². The van der Waals surface area contributed by atoms with Crippen molar-refractivity contribution < 1.29 is 13.2 Å². The van der Waals surface area contributed by atoms with Crippen LogP contribution in [-0.4, -0.2) is 37.6 Å². The lowest BCUT2D eigenvalue weighted by molar-refractivity contribution is 0.0123. The van der Waals surface area contributed by atoms with Crippen LogP contribution in [-0.2, 0) is 14.8 Å². The molecule has 1 atom stereocenters. The molecule has 1 aromatic rings. The maximum atomic E-state index is 12.1. The summed E-state index contributed by atoms with van der Waals surface area (Å²) in [6.45, 7) is 1.12. The van der Waals surface area contributed by atoms with E-state index in [9.17, 15) is 8.42 Å². The first-order valence-corrected chi connectivity index (χ1v) is 8.75. The molecular formula is C13H19N3O3S2. The van der Waals surface area contributed by atoms with Gasteiger partial charge in [-0.3, -0.25) is 4.98 Å². The fourth-order valence-corrected chi connectivity index (χ4v) is 3.27. The second-order valence-electron chi connectivity index (χ2n) is 4.92. The van der Waals surface area contributed by atoms with Crippen molar-refractivity contribution in [3.63, 3.8) is 0 Å². The fraction of sp³-hybridized carbons (Fsp3) is 0.538. The van der Waals surface area contributed by atoms with Gasteiger partial charge < -0.3 is 10.5 Å². The highest BCUT2D eigenvalue weighted by molar-refractivity contribution is 7.89. The Hall–Kier alpha value is -1.09. The standard InChI is InChI=1S/C13H19N3O3S2/c14-13(20)12-5-4-11(9-15-12)21(17,18)16-7-6-10-3-1-2-8-19-10/h4-5,9-10,16H,1-3,6-8H2,(H2,14,20). The van der Waals surface area contributed by atoms with E-state index in [0.29, 0.717) is 18.7 Å². The largest absolute Gasteiger partial charge is 0.388 e. The molecule has 0 saturated carbocycles. The van der Waals surface area contributed by atoms with Crippen LogP contribution in [0.5, 0.6) is 0 Å². The van der Waals surface area contributed by atoms with Gasteiger partial charge in [-0.1, -0.05) is 12.2 Å². The molecule has 2 heterocycles. The topological polar surface area (TPSA) is 94.3 Å². The minimum Gasteiger partial charge on any atom is -0.388 e. The summed E-state index contributed by atoms with van der Waals surface area (Å²) in [4.78, 5) is 4.18. The summed E-state index contributed by atoms with van der Waals surface area (Å²) in [7, 11) is -3.56. The molecule has 21 heavy (non-hydrogen) atoms. The Bertz CT molecular complexity index is 581. The SMILES string of the molecule is NC(=S)c1ccc(S(=O)(=O)NCCC2CCCCO2)cn1. The van der Waals surface area contributed by atoms with Gasteiger partial charge in [0.15, 0.2) is 0 Å². The van der Waals surface area contributed by atoms with Crippen molar-refractivity contribution in [3.8, 4) is 0 Å². The third kappa shape index (κ3) is 4.70. The highest BCUT2D eigenvalue weighted by atomic mass is 32.2. The summed E-state index contributed by atoms with van der Waals surface area (Å²) in [6, 6.07) is 2.95. The summed E-state index contributed by atoms with van der Waals surface area (Å²) < 4.78 is 32.3. The zero-order chi connectivity index (χ0) is 15.3. The van der Waals surface area contributed by atoms with Crippen molar-refractivity contribution in [1.82, 2.24) is 9.71 Å². The Kier molecular flexibility index (Phi) is 5.63. The molecule has 0 aromatic carbocycles. The van der Waals surface area contributed by atoms with Crippen molar-refractivity contribution >= 4 is 27.2 Å². The first kappa shape index (κ1) is 16.3. The van der Waals surface area contributed by atoms with Crippen LogP contribution in [0.15, 0.2) is 23.2 Å². The highest BCUT2D eigenvalue weighted by Crippen LogP contribution is 2.15. The van der Waals surface area contributed by atoms with E-state index in [1.54, 1.807) is 0 Å². The Labute approximate surface area is 130 Å². The van der Waals surface area contributed by atoms with E-state index in [4.69, 9.17) is 22.7 Å². The second-order valence-corrected chi connectivity index (χ2v) is 7.13. The van der Waals surface area contributed by atoms with Gasteiger partial charge in [-0.25, -0.2) is 13.1 Å². The Balaban J connectivity index is 1.90. The molecule has 1 saturated heterocycles. The maximum Gasteiger partial charge on any atom is 0.242 e. The van der Waals surface area contributed by atoms with Crippen molar-refractivity contribution in [2.45, 2.75) is 36.7 Å². The molecule has 0 bridgehead atoms. The number of nitrogens with zero attached hydrogens (tertiary/aromatic N) is 1. The van der Waals surface area contributed by atoms with Crippen LogP contribution in [0.2, 0.25) is 0 Å². The number of thiocarbonyl (C=S) groups is 1. The number of ether oxygens (including phenoxy) is 1. The lowest BCUT2D eigenvalue weighted by atomic mass is 10.1. The summed E-state index contributed by atoms with van der Waals surface area (Å²) >= 11 is 4.78. The van der Waals surface area contributed by atoms with Gasteiger partial charge in [0, 0.05) is 19.3 Å². The Morgan fingerprint density at radius 1 is 1.48 bits per heavy atom. The maximum absolute atomic E-state index is 12.1. The summed E-state index contributed by atoms with van der Waals surface area (Å²) in [6.07, 6.45) is 5.30. The first-order valence-electron chi connectivity index (χ1n) is 6.86. The molecule has 6 nitrogen and oxygen atoms in total. The Morgan fingerprint density at radius 3 is 2.86 bits per heavy atom. The number of nitrogens with one attached hydrogen (secondary N) is 1. The van der Waals surface area contributed by atoms with Crippen LogP contribution in [0.25, 0.3) is 0 Å². The molecular weight excluding hydrogens is 310 g/mol. The van der Waals surface area contributed by atoms with Crippen LogP contribution in [0, 0.1) is 0 Å². The average molecular weight is 329 g/mol. The third-order valence-corrected chi connectivity index (χ3v) is 4.99. The van der Waals surface area contributed by atoms with Gasteiger partial charge in [-0.15, -0.1) is 0 Å². The molecule has 1 aliphatic rings. The molecule has 0 radical (unpaired) electrons. The molecule has 116 valence electrons. The molecule has 0 spiro atoms. The monoisotopic (exact) mass is 329 g/mol. The molecule has 1 fully saturated rings. The smallest absolute Gasteiger partial charge is 0.242 e. The first-order chi connectivity index (χ1) is 9.99. The normalized spacial score (nSPS) is 19.3. The number of sulfonamides is 1. The number of nitrogens with two attached hydrogens (primary N) is 1. The van der Waals surface area contributed by atoms with Crippen molar-refractivity contribution in [2.24, 2.45) is 5.73 Å². The summed E-state index contributed by atoms with van der Waals surface area (Å²) in [5.41, 5.74) is 5.83. The molecule has 8 heteroatoms. The van der Waals surface area contributed by atoms with Gasteiger partial charge in [0.1, 0.15) is 9.88 Å². The zero-order valence-corrected chi connectivity index (χ0v) is 13.3. The minimum absolute atomic E-state index is 0.104. The van der Waals surface area contributed by atoms with E-state index in [2.05, 4.69) is 9.71 Å². The van der Waals surface area contributed by atoms with Crippen molar-refractivity contribution in [3.05, 3.63) is 24.0 Å². The zero-order valence-electron chi connectivity index (χ0n) is 11.6. The van der Waals surface area contributed by atoms with Crippen LogP contribution in [0.3, 0.4) is 0 Å². The molecule has 0 aliphatic carbocycles. The van der Waals surface area contributed by atoms with Gasteiger partial charge >= 0.3 is 0 Å². The van der Waals surface area contributed by atoms with Gasteiger partial charge in [0.05, 0.1) is 11.8 Å². The van der Waals surface area contributed by atoms with Crippen molar-refractivity contribution in [2.75, 3.05) is 13.2 Å². The highest BCUT2D eigenvalue weighted by Gasteiger charge is 2.17. The molecule has 1 unspecified atom stereocenters. The number of hydrogen-bond donors (Lipinski definition) is 2. The van der Waals surface area contributed by atoms with Crippen LogP contribution < -0.4 is 10.5 Å². The van der Waals surface area contributed by atoms with Crippen LogP contribution >= 0.6 is 12.2 Å². The molecule has 2 rings (SSSR count). The number of pyridine rings is 1. The summed E-state index contributed by atoms with van der Waals surface area (Å²) in [5, 5.41) is 0. The lowest BCUT2D eigenvalue weighted by Gasteiger charge is -2.22. The lowest BCUT2D eigenvalue weighted by Crippen LogP contribution is -2.29. The number of aromatic nitrogens is 1.